The second-order valence-corrected chi connectivity index (χ2v) is 5.83. The van der Waals surface area contributed by atoms with Crippen LogP contribution in [-0.4, -0.2) is 31.4 Å². The van der Waals surface area contributed by atoms with Gasteiger partial charge in [0.15, 0.2) is 0 Å². The Balaban J connectivity index is 1.80. The number of hydrogen-bond acceptors (Lipinski definition) is 3. The summed E-state index contributed by atoms with van der Waals surface area (Å²) in [6.07, 6.45) is -0.505. The first-order valence-corrected chi connectivity index (χ1v) is 7.64. The van der Waals surface area contributed by atoms with Gasteiger partial charge in [0.1, 0.15) is 0 Å². The highest BCUT2D eigenvalue weighted by atomic mass is 16.5. The van der Waals surface area contributed by atoms with E-state index in [1.54, 1.807) is 0 Å². The van der Waals surface area contributed by atoms with Crippen molar-refractivity contribution in [3.8, 4) is 0 Å². The van der Waals surface area contributed by atoms with Gasteiger partial charge in [0.25, 0.3) is 0 Å². The van der Waals surface area contributed by atoms with E-state index in [-0.39, 0.29) is 0 Å². The van der Waals surface area contributed by atoms with Crippen LogP contribution >= 0.6 is 0 Å². The number of rotatable bonds is 7. The summed E-state index contributed by atoms with van der Waals surface area (Å²) in [6, 6.07) is 16.4. The molecule has 0 saturated carbocycles. The van der Waals surface area contributed by atoms with Gasteiger partial charge in [-0.15, -0.1) is 0 Å². The lowest BCUT2D eigenvalue weighted by Crippen LogP contribution is -2.32. The smallest absolute Gasteiger partial charge is 0.0948 e. The van der Waals surface area contributed by atoms with Gasteiger partial charge in [0.05, 0.1) is 19.3 Å². The first-order chi connectivity index (χ1) is 10.6. The molecule has 1 N–H and O–H groups in total. The van der Waals surface area contributed by atoms with Crippen molar-refractivity contribution in [2.45, 2.75) is 26.6 Å². The van der Waals surface area contributed by atoms with Gasteiger partial charge in [-0.25, -0.2) is 0 Å². The number of benzene rings is 2. The number of nitrogens with zero attached hydrogens (tertiary/aromatic N) is 1. The normalized spacial score (nSPS) is 12.2. The van der Waals surface area contributed by atoms with E-state index < -0.39 is 6.10 Å². The van der Waals surface area contributed by atoms with E-state index in [1.807, 2.05) is 37.4 Å². The van der Waals surface area contributed by atoms with Gasteiger partial charge in [-0.05, 0) is 31.0 Å². The average Bonchev–Trinajstić information content (AvgIpc) is 2.48. The topological polar surface area (TPSA) is 32.7 Å². The lowest BCUT2D eigenvalue weighted by molar-refractivity contribution is 0.0324. The molecule has 0 radical (unpaired) electrons. The van der Waals surface area contributed by atoms with Crippen LogP contribution in [0.3, 0.4) is 0 Å². The minimum atomic E-state index is -0.505. The highest BCUT2D eigenvalue weighted by Gasteiger charge is 2.11. The van der Waals surface area contributed by atoms with Gasteiger partial charge in [0, 0.05) is 19.3 Å². The monoisotopic (exact) mass is 299 g/mol. The molecule has 2 rings (SSSR count). The largest absolute Gasteiger partial charge is 0.389 e. The second-order valence-electron chi connectivity index (χ2n) is 5.83. The Bertz CT molecular complexity index is 583. The van der Waals surface area contributed by atoms with Crippen LogP contribution in [0.2, 0.25) is 0 Å². The molecule has 0 fully saturated rings. The highest BCUT2D eigenvalue weighted by molar-refractivity contribution is 5.53. The molecule has 0 spiro atoms. The predicted molar refractivity (Wildman–Crippen MR) is 91.3 cm³/mol. The van der Waals surface area contributed by atoms with Crippen LogP contribution in [0.5, 0.6) is 0 Å². The summed E-state index contributed by atoms with van der Waals surface area (Å²) in [7, 11) is 2.00. The van der Waals surface area contributed by atoms with Crippen molar-refractivity contribution in [3.63, 3.8) is 0 Å². The van der Waals surface area contributed by atoms with Crippen molar-refractivity contribution in [2.75, 3.05) is 25.1 Å². The zero-order valence-corrected chi connectivity index (χ0v) is 13.6. The van der Waals surface area contributed by atoms with Gasteiger partial charge in [-0.3, -0.25) is 0 Å². The van der Waals surface area contributed by atoms with Crippen LogP contribution in [-0.2, 0) is 11.3 Å². The molecule has 118 valence electrons. The van der Waals surface area contributed by atoms with Gasteiger partial charge >= 0.3 is 0 Å². The molecule has 2 aromatic rings. The van der Waals surface area contributed by atoms with Crippen molar-refractivity contribution in [3.05, 3.63) is 65.2 Å². The molecule has 0 amide bonds. The van der Waals surface area contributed by atoms with E-state index in [2.05, 4.69) is 36.9 Å². The number of aliphatic hydroxyl groups excluding tert-OH is 1. The summed E-state index contributed by atoms with van der Waals surface area (Å²) in [4.78, 5) is 2.07. The minimum Gasteiger partial charge on any atom is -0.389 e. The standard InChI is InChI=1S/C19H25NO2/c1-15-9-10-19(16(2)11-15)20(3)12-18(21)14-22-13-17-7-5-4-6-8-17/h4-11,18,21H,12-14H2,1-3H3/t18-/m1/s1. The molecule has 1 atom stereocenters. The van der Waals surface area contributed by atoms with E-state index in [4.69, 9.17) is 4.74 Å². The van der Waals surface area contributed by atoms with Gasteiger partial charge in [0.2, 0.25) is 0 Å². The molecule has 3 heteroatoms. The third-order valence-electron chi connectivity index (χ3n) is 3.67. The van der Waals surface area contributed by atoms with Crippen LogP contribution in [0.1, 0.15) is 16.7 Å². The third-order valence-corrected chi connectivity index (χ3v) is 3.67. The molecule has 0 saturated heterocycles. The summed E-state index contributed by atoms with van der Waals surface area (Å²) in [5.74, 6) is 0. The van der Waals surface area contributed by atoms with E-state index in [9.17, 15) is 5.11 Å². The maximum atomic E-state index is 10.1. The first-order valence-electron chi connectivity index (χ1n) is 7.64. The van der Waals surface area contributed by atoms with Crippen LogP contribution in [0.15, 0.2) is 48.5 Å². The van der Waals surface area contributed by atoms with Gasteiger partial charge < -0.3 is 14.7 Å². The molecule has 0 aromatic heterocycles. The second kappa shape index (κ2) is 7.97. The van der Waals surface area contributed by atoms with E-state index in [1.165, 1.54) is 11.1 Å². The summed E-state index contributed by atoms with van der Waals surface area (Å²) in [6.45, 7) is 5.61. The Morgan fingerprint density at radius 3 is 2.50 bits per heavy atom. The lowest BCUT2D eigenvalue weighted by Gasteiger charge is -2.24. The molecular formula is C19H25NO2. The molecule has 22 heavy (non-hydrogen) atoms. The van der Waals surface area contributed by atoms with E-state index in [0.717, 1.165) is 11.3 Å². The molecule has 3 nitrogen and oxygen atoms in total. The molecular weight excluding hydrogens is 274 g/mol. The summed E-state index contributed by atoms with van der Waals surface area (Å²) in [5.41, 5.74) is 4.74. The maximum Gasteiger partial charge on any atom is 0.0948 e. The fraction of sp³-hybridized carbons (Fsp3) is 0.368. The Morgan fingerprint density at radius 1 is 1.09 bits per heavy atom. The maximum absolute atomic E-state index is 10.1. The molecule has 0 aliphatic carbocycles. The molecule has 0 unspecified atom stereocenters. The summed E-state index contributed by atoms with van der Waals surface area (Å²) < 4.78 is 5.59. The van der Waals surface area contributed by atoms with Gasteiger partial charge in [-0.1, -0.05) is 48.0 Å². The molecule has 0 bridgehead atoms. The fourth-order valence-corrected chi connectivity index (χ4v) is 2.59. The van der Waals surface area contributed by atoms with Crippen LogP contribution < -0.4 is 4.90 Å². The molecule has 0 aliphatic heterocycles. The van der Waals surface area contributed by atoms with Crippen LogP contribution in [0.4, 0.5) is 5.69 Å². The number of aliphatic hydroxyl groups is 1. The Kier molecular flexibility index (Phi) is 5.99. The highest BCUT2D eigenvalue weighted by Crippen LogP contribution is 2.20. The zero-order chi connectivity index (χ0) is 15.9. The predicted octanol–water partition coefficient (Wildman–Crippen LogP) is 3.32. The van der Waals surface area contributed by atoms with Crippen molar-refractivity contribution in [2.24, 2.45) is 0 Å². The Hall–Kier alpha value is -1.84. The third kappa shape index (κ3) is 4.86. The van der Waals surface area contributed by atoms with E-state index in [0.29, 0.717) is 19.8 Å². The molecule has 0 heterocycles. The number of aryl methyl sites for hydroxylation is 2. The first kappa shape index (κ1) is 16.5. The minimum absolute atomic E-state index is 0.337. The summed E-state index contributed by atoms with van der Waals surface area (Å²) >= 11 is 0. The quantitative estimate of drug-likeness (QED) is 0.851. The Morgan fingerprint density at radius 2 is 1.82 bits per heavy atom. The molecule has 0 aliphatic rings. The van der Waals surface area contributed by atoms with Crippen LogP contribution in [0, 0.1) is 13.8 Å². The Labute approximate surface area is 133 Å². The SMILES string of the molecule is Cc1ccc(N(C)C[C@@H](O)COCc2ccccc2)c(C)c1. The van der Waals surface area contributed by atoms with Crippen molar-refractivity contribution in [1.29, 1.82) is 0 Å². The van der Waals surface area contributed by atoms with Gasteiger partial charge in [-0.2, -0.15) is 0 Å². The number of anilines is 1. The number of hydrogen-bond donors (Lipinski definition) is 1. The zero-order valence-electron chi connectivity index (χ0n) is 13.6. The average molecular weight is 299 g/mol. The fourth-order valence-electron chi connectivity index (χ4n) is 2.59. The molecule has 2 aromatic carbocycles. The van der Waals surface area contributed by atoms with Crippen molar-refractivity contribution < 1.29 is 9.84 Å². The van der Waals surface area contributed by atoms with Crippen molar-refractivity contribution >= 4 is 5.69 Å². The number of ether oxygens (including phenoxy) is 1. The van der Waals surface area contributed by atoms with Crippen molar-refractivity contribution in [1.82, 2.24) is 0 Å². The number of likely N-dealkylation sites (N-methyl/N-ethyl adjacent to an activating group) is 1. The lowest BCUT2D eigenvalue weighted by atomic mass is 10.1. The van der Waals surface area contributed by atoms with Crippen LogP contribution in [0.25, 0.3) is 0 Å². The van der Waals surface area contributed by atoms with E-state index >= 15 is 0 Å². The summed E-state index contributed by atoms with van der Waals surface area (Å²) in [5, 5.41) is 10.1.